The second-order valence-electron chi connectivity index (χ2n) is 17.9. The maximum Gasteiger partial charge on any atom is 0.133 e. The van der Waals surface area contributed by atoms with Crippen molar-refractivity contribution in [2.75, 3.05) is 0 Å². The summed E-state index contributed by atoms with van der Waals surface area (Å²) in [6.07, 6.45) is 23.8. The second kappa shape index (κ2) is 20.0. The molecule has 1 saturated heterocycles. The average Bonchev–Trinajstić information content (AvgIpc) is 3.31. The average molecular weight is 881 g/mol. The van der Waals surface area contributed by atoms with E-state index in [2.05, 4.69) is 121 Å². The molecule has 4 aromatic carbocycles. The van der Waals surface area contributed by atoms with E-state index < -0.39 is 29.4 Å². The smallest absolute Gasteiger partial charge is 0.133 e. The third-order valence-electron chi connectivity index (χ3n) is 13.3. The molecule has 9 rings (SSSR count). The van der Waals surface area contributed by atoms with Crippen LogP contribution in [0.3, 0.4) is 0 Å². The van der Waals surface area contributed by atoms with Crippen molar-refractivity contribution in [1.29, 1.82) is 0 Å². The molecule has 1 heterocycles. The number of hydrogen-bond acceptors (Lipinski definition) is 4. The zero-order chi connectivity index (χ0) is 40.6. The van der Waals surface area contributed by atoms with Crippen molar-refractivity contribution < 1.29 is 0 Å². The van der Waals surface area contributed by atoms with Crippen molar-refractivity contribution in [1.82, 2.24) is 19.4 Å². The standard InChI is InChI=1S/C48H68N8P4/c1-9-25-41(26-10-1)49-57(45-33-17-5-18-34-45)53-58(46-35-19-6-20-36-46,50-42-27-11-2-12-28-42)55-60(48-39-23-8-24-40-48,52-44-31-15-4-16-32-44)56-59(54-57,47-37-21-7-22-38-47)51-43-29-13-3-14-30-43/h5-8,17-24,33-44,53-56H,1-4,9-16,25-32H2. The van der Waals surface area contributed by atoms with Gasteiger partial charge in [0.2, 0.25) is 0 Å². The van der Waals surface area contributed by atoms with Crippen molar-refractivity contribution in [3.05, 3.63) is 121 Å². The summed E-state index contributed by atoms with van der Waals surface area (Å²) in [7, 11) is -11.6. The third-order valence-corrected chi connectivity index (χ3v) is 29.5. The Hall–Kier alpha value is -2.36. The van der Waals surface area contributed by atoms with Crippen LogP contribution >= 0.6 is 29.4 Å². The molecule has 0 unspecified atom stereocenters. The van der Waals surface area contributed by atoms with E-state index in [1.165, 1.54) is 98.3 Å². The highest BCUT2D eigenvalue weighted by molar-refractivity contribution is 7.99. The summed E-state index contributed by atoms with van der Waals surface area (Å²) in [4.78, 5) is 18.8. The summed E-state index contributed by atoms with van der Waals surface area (Å²) in [6.45, 7) is 0. The summed E-state index contributed by atoms with van der Waals surface area (Å²) in [5.41, 5.74) is 0. The van der Waals surface area contributed by atoms with Gasteiger partial charge in [0.05, 0.1) is 24.2 Å². The lowest BCUT2D eigenvalue weighted by Gasteiger charge is -2.49. The minimum Gasteiger partial charge on any atom is -0.266 e. The summed E-state index contributed by atoms with van der Waals surface area (Å²) in [5, 5.41) is 4.92. The molecule has 1 aliphatic heterocycles. The summed E-state index contributed by atoms with van der Waals surface area (Å²) < 4.78 is 25.2. The van der Waals surface area contributed by atoms with Crippen molar-refractivity contribution in [2.45, 2.75) is 153 Å². The molecule has 8 nitrogen and oxygen atoms in total. The summed E-state index contributed by atoms with van der Waals surface area (Å²) >= 11 is 0. The Morgan fingerprint density at radius 2 is 0.450 bits per heavy atom. The fraction of sp³-hybridized carbons (Fsp3) is 0.500. The van der Waals surface area contributed by atoms with Crippen molar-refractivity contribution >= 4 is 50.6 Å². The van der Waals surface area contributed by atoms with Crippen LogP contribution in [0.15, 0.2) is 140 Å². The topological polar surface area (TPSA) is 97.6 Å². The van der Waals surface area contributed by atoms with Crippen LogP contribution in [0, 0.1) is 0 Å². The van der Waals surface area contributed by atoms with Gasteiger partial charge >= 0.3 is 0 Å². The van der Waals surface area contributed by atoms with Crippen molar-refractivity contribution in [2.24, 2.45) is 19.0 Å². The molecule has 0 aromatic heterocycles. The number of rotatable bonds is 8. The molecule has 4 aromatic rings. The van der Waals surface area contributed by atoms with Crippen molar-refractivity contribution in [3.63, 3.8) is 0 Å². The van der Waals surface area contributed by atoms with Gasteiger partial charge in [-0.2, -0.15) is 0 Å². The minimum atomic E-state index is -2.89. The first-order chi connectivity index (χ1) is 29.6. The number of nitrogens with one attached hydrogen (secondary N) is 4. The fourth-order valence-corrected chi connectivity index (χ4v) is 30.4. The number of benzene rings is 4. The van der Waals surface area contributed by atoms with E-state index >= 15 is 0 Å². The number of nitrogens with zero attached hydrogens (tertiary/aromatic N) is 4. The Balaban J connectivity index is 1.43. The van der Waals surface area contributed by atoms with Crippen LogP contribution < -0.4 is 40.6 Å². The third kappa shape index (κ3) is 9.88. The van der Waals surface area contributed by atoms with Crippen LogP contribution in [0.4, 0.5) is 0 Å². The lowest BCUT2D eigenvalue weighted by Crippen LogP contribution is -2.45. The SMILES string of the molecule is c1ccc(P2(=NC3CCCCC3)NP(=NC3CCCCC3)(c3ccccc3)NP(=NC3CCCCC3)(c3ccccc3)NP(=NC3CCCCC3)(c3ccccc3)N2)cc1. The van der Waals surface area contributed by atoms with Gasteiger partial charge in [0.1, 0.15) is 29.4 Å². The molecular weight excluding hydrogens is 812 g/mol. The van der Waals surface area contributed by atoms with Gasteiger partial charge in [-0.25, -0.2) is 19.4 Å². The molecule has 60 heavy (non-hydrogen) atoms. The largest absolute Gasteiger partial charge is 0.266 e. The first-order valence-corrected chi connectivity index (χ1v) is 30.4. The van der Waals surface area contributed by atoms with Crippen LogP contribution in [0.25, 0.3) is 0 Å². The van der Waals surface area contributed by atoms with E-state index in [-0.39, 0.29) is 24.2 Å². The van der Waals surface area contributed by atoms with Crippen LogP contribution in [0.1, 0.15) is 128 Å². The summed E-state index contributed by atoms with van der Waals surface area (Å²) in [5.74, 6) is 0. The van der Waals surface area contributed by atoms with E-state index in [4.69, 9.17) is 38.4 Å². The highest BCUT2D eigenvalue weighted by atomic mass is 31.3. The van der Waals surface area contributed by atoms with Gasteiger partial charge < -0.3 is 0 Å². The van der Waals surface area contributed by atoms with E-state index in [0.29, 0.717) is 0 Å². The van der Waals surface area contributed by atoms with Crippen molar-refractivity contribution in [3.8, 4) is 0 Å². The van der Waals surface area contributed by atoms with Crippen LogP contribution in [-0.4, -0.2) is 24.2 Å². The zero-order valence-corrected chi connectivity index (χ0v) is 39.2. The first kappa shape index (κ1) is 42.9. The Morgan fingerprint density at radius 1 is 0.267 bits per heavy atom. The van der Waals surface area contributed by atoms with Gasteiger partial charge in [0.25, 0.3) is 0 Å². The molecule has 0 spiro atoms. The van der Waals surface area contributed by atoms with Gasteiger partial charge in [-0.05, 0) is 51.4 Å². The molecule has 5 aliphatic rings. The molecule has 0 atom stereocenters. The zero-order valence-electron chi connectivity index (χ0n) is 35.6. The second-order valence-corrected chi connectivity index (χ2v) is 29.2. The lowest BCUT2D eigenvalue weighted by molar-refractivity contribution is 0.444. The van der Waals surface area contributed by atoms with Gasteiger partial charge in [-0.3, -0.25) is 19.0 Å². The Bertz CT molecular complexity index is 1870. The molecule has 0 amide bonds. The highest BCUT2D eigenvalue weighted by Crippen LogP contribution is 2.70. The molecule has 4 aliphatic carbocycles. The monoisotopic (exact) mass is 880 g/mol. The molecule has 4 saturated carbocycles. The Morgan fingerprint density at radius 3 is 0.633 bits per heavy atom. The quantitative estimate of drug-likeness (QED) is 0.133. The molecule has 0 radical (unpaired) electrons. The molecule has 0 bridgehead atoms. The van der Waals surface area contributed by atoms with Crippen LogP contribution in [0.2, 0.25) is 0 Å². The maximum absolute atomic E-state index is 6.29. The minimum absolute atomic E-state index is 0.243. The molecule has 12 heteroatoms. The van der Waals surface area contributed by atoms with Crippen LogP contribution in [-0.2, 0) is 0 Å². The predicted molar refractivity (Wildman–Crippen MR) is 262 cm³/mol. The first-order valence-electron chi connectivity index (χ1n) is 23.4. The van der Waals surface area contributed by atoms with E-state index in [9.17, 15) is 0 Å². The maximum atomic E-state index is 6.29. The lowest BCUT2D eigenvalue weighted by atomic mass is 9.97. The molecule has 320 valence electrons. The predicted octanol–water partition coefficient (Wildman–Crippen LogP) is 13.1. The van der Waals surface area contributed by atoms with Gasteiger partial charge in [0, 0.05) is 21.2 Å². The highest BCUT2D eigenvalue weighted by Gasteiger charge is 2.47. The van der Waals surface area contributed by atoms with Gasteiger partial charge in [-0.1, -0.05) is 198 Å². The van der Waals surface area contributed by atoms with E-state index in [1.54, 1.807) is 0 Å². The Kier molecular flexibility index (Phi) is 14.3. The fourth-order valence-electron chi connectivity index (χ4n) is 10.2. The molecule has 4 N–H and O–H groups in total. The molecular formula is C48H68N8P4. The van der Waals surface area contributed by atoms with E-state index in [1.807, 2.05) is 0 Å². The normalized spacial score (nSPS) is 30.4. The Labute approximate surface area is 361 Å². The number of hydrogen-bond donors (Lipinski definition) is 4. The molecule has 5 fully saturated rings. The summed E-state index contributed by atoms with van der Waals surface area (Å²) in [6, 6.07) is 46.1. The van der Waals surface area contributed by atoms with E-state index in [0.717, 1.165) is 51.4 Å². The van der Waals surface area contributed by atoms with Gasteiger partial charge in [-0.15, -0.1) is 0 Å². The van der Waals surface area contributed by atoms with Gasteiger partial charge in [0.15, 0.2) is 0 Å². The van der Waals surface area contributed by atoms with Crippen LogP contribution in [0.5, 0.6) is 0 Å².